The van der Waals surface area contributed by atoms with Crippen molar-refractivity contribution in [1.29, 1.82) is 0 Å². The number of hydrogen-bond acceptors (Lipinski definition) is 12. The van der Waals surface area contributed by atoms with Gasteiger partial charge in [0.25, 0.3) is 20.2 Å². The van der Waals surface area contributed by atoms with Crippen LogP contribution in [0.1, 0.15) is 19.3 Å². The molecule has 0 fully saturated rings. The molecule has 0 radical (unpaired) electrons. The Bertz CT molecular complexity index is 1230. The number of fused-ring (bicyclic) bond motifs is 1. The van der Waals surface area contributed by atoms with Crippen LogP contribution in [-0.2, 0) is 34.5 Å². The summed E-state index contributed by atoms with van der Waals surface area (Å²) in [5, 5.41) is 27.9. The molecule has 0 saturated carbocycles. The first-order valence-corrected chi connectivity index (χ1v) is 12.4. The fourth-order valence-electron chi connectivity index (χ4n) is 2.67. The summed E-state index contributed by atoms with van der Waals surface area (Å²) < 4.78 is 51.5. The van der Waals surface area contributed by atoms with E-state index in [1.165, 1.54) is 0 Å². The molecule has 20 heteroatoms. The third-order valence-corrected chi connectivity index (χ3v) is 6.80. The molecule has 1 aromatic rings. The van der Waals surface area contributed by atoms with E-state index in [0.717, 1.165) is 12.1 Å². The van der Waals surface area contributed by atoms with Gasteiger partial charge in [0, 0.05) is 19.4 Å². The molecule has 0 aliphatic carbocycles. The summed E-state index contributed by atoms with van der Waals surface area (Å²) in [6.45, 7) is -1.25. The second kappa shape index (κ2) is 10.8. The molecule has 4 N–H and O–H groups in total. The van der Waals surface area contributed by atoms with Gasteiger partial charge in [0.15, 0.2) is 0 Å². The first-order valence-electron chi connectivity index (χ1n) is 9.01. The summed E-state index contributed by atoms with van der Waals surface area (Å²) in [6, 6.07) is 1.85. The highest BCUT2D eigenvalue weighted by Crippen LogP contribution is 2.34. The maximum atomic E-state index is 12.4. The van der Waals surface area contributed by atoms with E-state index < -0.39 is 65.2 Å². The van der Waals surface area contributed by atoms with Gasteiger partial charge in [-0.1, -0.05) is 11.6 Å². The van der Waals surface area contributed by atoms with Crippen LogP contribution in [-0.4, -0.2) is 58.0 Å². The number of nitrogens with one attached hydrogen (secondary N) is 2. The molecule has 17 nitrogen and oxygen atoms in total. The molecule has 188 valence electrons. The second-order valence-electron chi connectivity index (χ2n) is 6.59. The van der Waals surface area contributed by atoms with E-state index in [0.29, 0.717) is 0 Å². The van der Waals surface area contributed by atoms with Gasteiger partial charge in [0.1, 0.15) is 28.3 Å². The smallest absolute Gasteiger partial charge is 0.294 e. The molecular formula is C14H17ClN6O11S2. The Kier molecular flexibility index (Phi) is 8.53. The molecule has 0 unspecified atom stereocenters. The molecule has 0 saturated heterocycles. The average Bonchev–Trinajstić information content (AvgIpc) is 2.67. The fraction of sp³-hybridized carbons (Fsp3) is 0.429. The number of rotatable bonds is 12. The number of nitrogens with two attached hydrogens (primary N) is 1. The van der Waals surface area contributed by atoms with Crippen LogP contribution in [0.15, 0.2) is 26.3 Å². The third-order valence-electron chi connectivity index (χ3n) is 4.07. The van der Waals surface area contributed by atoms with Crippen molar-refractivity contribution in [3.63, 3.8) is 0 Å². The van der Waals surface area contributed by atoms with E-state index in [2.05, 4.69) is 24.7 Å². The van der Waals surface area contributed by atoms with Crippen LogP contribution in [0.5, 0.6) is 0 Å². The summed E-state index contributed by atoms with van der Waals surface area (Å²) in [5.74, 6) is -0.660. The molecule has 1 aliphatic heterocycles. The lowest BCUT2D eigenvalue weighted by molar-refractivity contribution is -0.789. The fourth-order valence-corrected chi connectivity index (χ4v) is 5.02. The maximum Gasteiger partial charge on any atom is 0.294 e. The molecule has 1 aliphatic rings. The van der Waals surface area contributed by atoms with E-state index in [1.54, 1.807) is 0 Å². The summed E-state index contributed by atoms with van der Waals surface area (Å²) in [7, 11) is -8.58. The molecular weight excluding hydrogens is 528 g/mol. The zero-order valence-electron chi connectivity index (χ0n) is 16.9. The summed E-state index contributed by atoms with van der Waals surface area (Å²) in [6.07, 6.45) is -1.54. The van der Waals surface area contributed by atoms with Gasteiger partial charge >= 0.3 is 0 Å². The molecule has 1 atom stereocenters. The number of benzene rings is 1. The standard InChI is InChI=1S/C14H17ClN6O11S2/c15-9-4-10-12(5-11(9)33(16,27)28)34(29,30)19-13(18-10)2-1-3-14(22)17-6-8(32-21(25)26)7-31-20(23)24/h4-5,8H,1-3,6-7H2,(H,17,22)(H,18,19)(H2,16,27,28)/t8-/m1/s1. The molecule has 2 rings (SSSR count). The predicted octanol–water partition coefficient (Wildman–Crippen LogP) is -0.428. The number of amides is 1. The maximum absolute atomic E-state index is 12.4. The van der Waals surface area contributed by atoms with Gasteiger partial charge in [0.05, 0.1) is 10.7 Å². The number of amidine groups is 1. The Morgan fingerprint density at radius 2 is 1.97 bits per heavy atom. The van der Waals surface area contributed by atoms with Gasteiger partial charge in [-0.25, -0.2) is 13.6 Å². The third kappa shape index (κ3) is 7.64. The van der Waals surface area contributed by atoms with E-state index in [9.17, 15) is 41.9 Å². The zero-order chi connectivity index (χ0) is 25.7. The number of primary sulfonamides is 1. The van der Waals surface area contributed by atoms with Crippen molar-refractivity contribution in [2.75, 3.05) is 18.5 Å². The van der Waals surface area contributed by atoms with Crippen LogP contribution in [0.25, 0.3) is 0 Å². The van der Waals surface area contributed by atoms with Gasteiger partial charge in [-0.3, -0.25) is 4.79 Å². The monoisotopic (exact) mass is 544 g/mol. The lowest BCUT2D eigenvalue weighted by atomic mass is 10.2. The quantitative estimate of drug-likeness (QED) is 0.224. The number of halogens is 1. The highest BCUT2D eigenvalue weighted by molar-refractivity contribution is 7.91. The van der Waals surface area contributed by atoms with Crippen molar-refractivity contribution in [3.8, 4) is 0 Å². The number of anilines is 1. The highest BCUT2D eigenvalue weighted by atomic mass is 35.5. The van der Waals surface area contributed by atoms with Crippen molar-refractivity contribution in [2.24, 2.45) is 9.54 Å². The van der Waals surface area contributed by atoms with Gasteiger partial charge in [-0.15, -0.1) is 24.6 Å². The van der Waals surface area contributed by atoms with Crippen LogP contribution < -0.4 is 15.8 Å². The summed E-state index contributed by atoms with van der Waals surface area (Å²) >= 11 is 5.88. The van der Waals surface area contributed by atoms with Crippen molar-refractivity contribution in [2.45, 2.75) is 35.2 Å². The van der Waals surface area contributed by atoms with E-state index >= 15 is 0 Å². The van der Waals surface area contributed by atoms with Gasteiger partial charge in [0.2, 0.25) is 15.9 Å². The minimum absolute atomic E-state index is 0.0279. The minimum atomic E-state index is -4.29. The average molecular weight is 545 g/mol. The number of carbonyl (C=O) groups is 1. The zero-order valence-corrected chi connectivity index (χ0v) is 19.3. The number of carbonyl (C=O) groups excluding carboxylic acids is 1. The highest BCUT2D eigenvalue weighted by Gasteiger charge is 2.28. The summed E-state index contributed by atoms with van der Waals surface area (Å²) in [4.78, 5) is 39.7. The van der Waals surface area contributed by atoms with Crippen LogP contribution >= 0.6 is 11.6 Å². The SMILES string of the molecule is NS(=O)(=O)c1cc2c(cc1Cl)NC(CCCC(=O)NC[C@H](CO[N+](=O)[O-])O[N+](=O)[O-])=NS2(=O)=O. The molecule has 0 bridgehead atoms. The van der Waals surface area contributed by atoms with E-state index in [-0.39, 0.29) is 35.8 Å². The van der Waals surface area contributed by atoms with Crippen molar-refractivity contribution >= 4 is 49.1 Å². The Hall–Kier alpha value is -3.29. The molecule has 1 aromatic carbocycles. The number of nitrogens with zero attached hydrogens (tertiary/aromatic N) is 3. The largest absolute Gasteiger partial charge is 0.354 e. The number of hydrogen-bond donors (Lipinski definition) is 3. The molecule has 1 amide bonds. The Balaban J connectivity index is 1.96. The normalized spacial score (nSPS) is 15.2. The van der Waals surface area contributed by atoms with Crippen molar-refractivity contribution in [1.82, 2.24) is 5.32 Å². The van der Waals surface area contributed by atoms with Crippen molar-refractivity contribution in [3.05, 3.63) is 37.4 Å². The van der Waals surface area contributed by atoms with Gasteiger partial charge < -0.3 is 20.3 Å². The van der Waals surface area contributed by atoms with Gasteiger partial charge in [-0.2, -0.15) is 8.42 Å². The van der Waals surface area contributed by atoms with Crippen molar-refractivity contribution < 1.29 is 41.5 Å². The van der Waals surface area contributed by atoms with Crippen LogP contribution in [0.2, 0.25) is 5.02 Å². The van der Waals surface area contributed by atoms with E-state index in [4.69, 9.17) is 16.7 Å². The lowest BCUT2D eigenvalue weighted by Crippen LogP contribution is -2.38. The Labute approximate surface area is 196 Å². The van der Waals surface area contributed by atoms with E-state index in [1.807, 2.05) is 0 Å². The van der Waals surface area contributed by atoms with Gasteiger partial charge in [-0.05, 0) is 18.6 Å². The van der Waals surface area contributed by atoms with Crippen LogP contribution in [0, 0.1) is 20.2 Å². The molecule has 0 spiro atoms. The van der Waals surface area contributed by atoms with Crippen LogP contribution in [0.4, 0.5) is 5.69 Å². The Morgan fingerprint density at radius 3 is 2.56 bits per heavy atom. The first-order chi connectivity index (χ1) is 15.7. The molecule has 1 heterocycles. The topological polar surface area (TPSA) is 253 Å². The second-order valence-corrected chi connectivity index (χ2v) is 10.1. The Morgan fingerprint density at radius 1 is 1.29 bits per heavy atom. The minimum Gasteiger partial charge on any atom is -0.354 e. The first kappa shape index (κ1) is 27.0. The molecule has 0 aromatic heterocycles. The molecule has 34 heavy (non-hydrogen) atoms. The predicted molar refractivity (Wildman–Crippen MR) is 113 cm³/mol. The summed E-state index contributed by atoms with van der Waals surface area (Å²) in [5.41, 5.74) is -0.0302. The van der Waals surface area contributed by atoms with Crippen LogP contribution in [0.3, 0.4) is 0 Å². The number of sulfonamides is 2. The lowest BCUT2D eigenvalue weighted by Gasteiger charge is -2.19.